The van der Waals surface area contributed by atoms with E-state index in [0.717, 1.165) is 35.7 Å². The third-order valence-corrected chi connectivity index (χ3v) is 7.08. The van der Waals surface area contributed by atoms with Gasteiger partial charge in [-0.2, -0.15) is 0 Å². The normalized spacial score (nSPS) is 13.2. The molecule has 1 aromatic heterocycles. The summed E-state index contributed by atoms with van der Waals surface area (Å²) in [5.74, 6) is 1.17. The maximum atomic E-state index is 13.1. The molecule has 1 aliphatic rings. The van der Waals surface area contributed by atoms with Crippen molar-refractivity contribution in [2.75, 3.05) is 17.2 Å². The molecule has 6 heteroatoms. The second kappa shape index (κ2) is 9.11. The molecule has 5 nitrogen and oxygen atoms in total. The predicted molar refractivity (Wildman–Crippen MR) is 139 cm³/mol. The van der Waals surface area contributed by atoms with Crippen LogP contribution in [0.5, 0.6) is 0 Å². The average molecular weight is 469 g/mol. The molecule has 0 saturated carbocycles. The number of rotatable bonds is 5. The number of aromatic nitrogens is 3. The topological polar surface area (TPSA) is 51.0 Å². The predicted octanol–water partition coefficient (Wildman–Crippen LogP) is 5.91. The van der Waals surface area contributed by atoms with Crippen LogP contribution in [0.1, 0.15) is 31.9 Å². The molecule has 0 saturated heterocycles. The van der Waals surface area contributed by atoms with Crippen molar-refractivity contribution in [1.29, 1.82) is 0 Å². The van der Waals surface area contributed by atoms with E-state index in [1.807, 2.05) is 58.0 Å². The van der Waals surface area contributed by atoms with Crippen molar-refractivity contribution in [3.05, 3.63) is 90.0 Å². The van der Waals surface area contributed by atoms with E-state index >= 15 is 0 Å². The zero-order valence-corrected chi connectivity index (χ0v) is 20.5. The molecule has 1 amide bonds. The van der Waals surface area contributed by atoms with Gasteiger partial charge in [-0.25, -0.2) is 0 Å². The average Bonchev–Trinajstić information content (AvgIpc) is 3.47. The second-order valence-electron chi connectivity index (χ2n) is 9.52. The molecule has 0 aliphatic carbocycles. The van der Waals surface area contributed by atoms with Gasteiger partial charge in [0.15, 0.2) is 11.0 Å². The van der Waals surface area contributed by atoms with Crippen molar-refractivity contribution >= 4 is 23.4 Å². The van der Waals surface area contributed by atoms with Gasteiger partial charge in [-0.05, 0) is 41.2 Å². The van der Waals surface area contributed by atoms with Crippen LogP contribution in [-0.2, 0) is 16.6 Å². The fourth-order valence-corrected chi connectivity index (χ4v) is 5.11. The smallest absolute Gasteiger partial charge is 0.237 e. The van der Waals surface area contributed by atoms with Gasteiger partial charge in [-0.15, -0.1) is 10.2 Å². The maximum Gasteiger partial charge on any atom is 0.237 e. The lowest BCUT2D eigenvalue weighted by molar-refractivity contribution is -0.116. The van der Waals surface area contributed by atoms with Gasteiger partial charge in [-0.1, -0.05) is 93.2 Å². The maximum absolute atomic E-state index is 13.1. The van der Waals surface area contributed by atoms with Crippen molar-refractivity contribution in [3.63, 3.8) is 0 Å². The highest BCUT2D eigenvalue weighted by Gasteiger charge is 2.25. The van der Waals surface area contributed by atoms with Crippen LogP contribution in [0.4, 0.5) is 5.69 Å². The number of para-hydroxylation sites is 2. The van der Waals surface area contributed by atoms with Gasteiger partial charge in [0.05, 0.1) is 5.75 Å². The van der Waals surface area contributed by atoms with Gasteiger partial charge >= 0.3 is 0 Å². The summed E-state index contributed by atoms with van der Waals surface area (Å²) in [5.41, 5.74) is 5.58. The van der Waals surface area contributed by atoms with E-state index in [9.17, 15) is 4.79 Å². The number of nitrogens with zero attached hydrogens (tertiary/aromatic N) is 4. The first-order valence-electron chi connectivity index (χ1n) is 11.5. The van der Waals surface area contributed by atoms with Crippen LogP contribution >= 0.6 is 11.8 Å². The minimum atomic E-state index is 0.0845. The fourth-order valence-electron chi connectivity index (χ4n) is 4.28. The number of anilines is 1. The third-order valence-electron chi connectivity index (χ3n) is 6.17. The SMILES string of the molecule is CC(C)(C)c1ccc(-c2nnc(SCC(=O)N3CCc4ccccc43)n2-c2ccccc2)cc1. The van der Waals surface area contributed by atoms with E-state index in [-0.39, 0.29) is 11.3 Å². The van der Waals surface area contributed by atoms with E-state index in [0.29, 0.717) is 10.9 Å². The van der Waals surface area contributed by atoms with Crippen molar-refractivity contribution in [2.24, 2.45) is 0 Å². The molecular weight excluding hydrogens is 440 g/mol. The second-order valence-corrected chi connectivity index (χ2v) is 10.5. The number of carbonyl (C=O) groups is 1. The molecule has 4 aromatic rings. The lowest BCUT2D eigenvalue weighted by Gasteiger charge is -2.19. The Bertz CT molecular complexity index is 1310. The summed E-state index contributed by atoms with van der Waals surface area (Å²) in [6.45, 7) is 7.35. The highest BCUT2D eigenvalue weighted by molar-refractivity contribution is 7.99. The Morgan fingerprint density at radius 2 is 1.62 bits per heavy atom. The molecule has 1 aliphatic heterocycles. The largest absolute Gasteiger partial charge is 0.311 e. The number of benzene rings is 3. The number of thioether (sulfide) groups is 1. The molecule has 0 fully saturated rings. The quantitative estimate of drug-likeness (QED) is 0.342. The van der Waals surface area contributed by atoms with E-state index in [2.05, 4.69) is 61.3 Å². The molecule has 0 spiro atoms. The Kier molecular flexibility index (Phi) is 6.00. The summed E-state index contributed by atoms with van der Waals surface area (Å²) in [6.07, 6.45) is 0.904. The Hall–Kier alpha value is -3.38. The summed E-state index contributed by atoms with van der Waals surface area (Å²) in [7, 11) is 0. The Labute approximate surface area is 204 Å². The number of hydrogen-bond acceptors (Lipinski definition) is 4. The molecule has 0 unspecified atom stereocenters. The number of carbonyl (C=O) groups excluding carboxylic acids is 1. The van der Waals surface area contributed by atoms with Crippen molar-refractivity contribution in [1.82, 2.24) is 14.8 Å². The van der Waals surface area contributed by atoms with E-state index < -0.39 is 0 Å². The van der Waals surface area contributed by atoms with Gasteiger partial charge in [-0.3, -0.25) is 9.36 Å². The van der Waals surface area contributed by atoms with E-state index in [1.54, 1.807) is 0 Å². The monoisotopic (exact) mass is 468 g/mol. The Balaban J connectivity index is 1.43. The van der Waals surface area contributed by atoms with Gasteiger partial charge < -0.3 is 4.90 Å². The van der Waals surface area contributed by atoms with Gasteiger partial charge in [0.25, 0.3) is 0 Å². The molecular formula is C28H28N4OS. The van der Waals surface area contributed by atoms with Crippen molar-refractivity contribution in [3.8, 4) is 17.1 Å². The van der Waals surface area contributed by atoms with Crippen LogP contribution < -0.4 is 4.90 Å². The standard InChI is InChI=1S/C28H28N4OS/c1-28(2,3)22-15-13-21(14-16-22)26-29-30-27(32(26)23-10-5-4-6-11-23)34-19-25(33)31-18-17-20-9-7-8-12-24(20)31/h4-16H,17-19H2,1-3H3. The van der Waals surface area contributed by atoms with Crippen LogP contribution in [0.2, 0.25) is 0 Å². The molecule has 0 atom stereocenters. The van der Waals surface area contributed by atoms with Crippen LogP contribution in [0.3, 0.4) is 0 Å². The molecule has 34 heavy (non-hydrogen) atoms. The van der Waals surface area contributed by atoms with Gasteiger partial charge in [0.1, 0.15) is 0 Å². The first-order chi connectivity index (χ1) is 16.4. The number of amides is 1. The van der Waals surface area contributed by atoms with Crippen LogP contribution in [0.15, 0.2) is 84.0 Å². The highest BCUT2D eigenvalue weighted by Crippen LogP contribution is 2.32. The lowest BCUT2D eigenvalue weighted by Crippen LogP contribution is -2.30. The van der Waals surface area contributed by atoms with E-state index in [4.69, 9.17) is 0 Å². The minimum absolute atomic E-state index is 0.0845. The zero-order valence-electron chi connectivity index (χ0n) is 19.7. The van der Waals surface area contributed by atoms with Crippen molar-refractivity contribution in [2.45, 2.75) is 37.8 Å². The Morgan fingerprint density at radius 3 is 2.35 bits per heavy atom. The summed E-state index contributed by atoms with van der Waals surface area (Å²) in [6, 6.07) is 26.7. The molecule has 0 radical (unpaired) electrons. The van der Waals surface area contributed by atoms with Crippen LogP contribution in [0.25, 0.3) is 17.1 Å². The van der Waals surface area contributed by atoms with Gasteiger partial charge in [0.2, 0.25) is 5.91 Å². The van der Waals surface area contributed by atoms with Gasteiger partial charge in [0, 0.05) is 23.5 Å². The molecule has 5 rings (SSSR count). The molecule has 2 heterocycles. The summed E-state index contributed by atoms with van der Waals surface area (Å²) in [4.78, 5) is 15.0. The zero-order chi connectivity index (χ0) is 23.7. The minimum Gasteiger partial charge on any atom is -0.311 e. The first-order valence-corrected chi connectivity index (χ1v) is 12.5. The third kappa shape index (κ3) is 4.38. The molecule has 0 bridgehead atoms. The fraction of sp³-hybridized carbons (Fsp3) is 0.250. The summed E-state index contributed by atoms with van der Waals surface area (Å²) >= 11 is 1.43. The molecule has 172 valence electrons. The van der Waals surface area contributed by atoms with Crippen molar-refractivity contribution < 1.29 is 4.79 Å². The van der Waals surface area contributed by atoms with Crippen LogP contribution in [-0.4, -0.2) is 33.0 Å². The summed E-state index contributed by atoms with van der Waals surface area (Å²) in [5, 5.41) is 9.73. The van der Waals surface area contributed by atoms with E-state index in [1.165, 1.54) is 22.9 Å². The molecule has 3 aromatic carbocycles. The highest BCUT2D eigenvalue weighted by atomic mass is 32.2. The molecule has 0 N–H and O–H groups in total. The first kappa shape index (κ1) is 22.4. The Morgan fingerprint density at radius 1 is 0.912 bits per heavy atom. The summed E-state index contributed by atoms with van der Waals surface area (Å²) < 4.78 is 2.04. The number of hydrogen-bond donors (Lipinski definition) is 0. The lowest BCUT2D eigenvalue weighted by atomic mass is 9.87. The van der Waals surface area contributed by atoms with Crippen LogP contribution in [0, 0.1) is 0 Å². The number of fused-ring (bicyclic) bond motifs is 1.